The van der Waals surface area contributed by atoms with E-state index in [9.17, 15) is 13.2 Å². The van der Waals surface area contributed by atoms with Gasteiger partial charge in [0, 0.05) is 62.6 Å². The summed E-state index contributed by atoms with van der Waals surface area (Å²) in [6.07, 6.45) is 5.98. The number of sulfonamides is 1. The highest BCUT2D eigenvalue weighted by Gasteiger charge is 2.29. The lowest BCUT2D eigenvalue weighted by Crippen LogP contribution is -2.42. The predicted octanol–water partition coefficient (Wildman–Crippen LogP) is 1.64. The standard InChI is InChI=1S/C22H34N6O4S/c1-4-28-21-19(14-24-28)20(26-17-7-11-32-12-8-17)18(15(2)25-21)13-23-22(29)16-5-9-27(10-6-16)33(3,30)31/h14,16-17H,4-13H2,1-3H3,(H,23,29)(H,25,26). The van der Waals surface area contributed by atoms with Gasteiger partial charge in [-0.15, -0.1) is 0 Å². The van der Waals surface area contributed by atoms with Gasteiger partial charge in [-0.05, 0) is 39.5 Å². The van der Waals surface area contributed by atoms with Crippen LogP contribution in [0.5, 0.6) is 0 Å². The zero-order valence-electron chi connectivity index (χ0n) is 19.6. The first-order valence-corrected chi connectivity index (χ1v) is 13.5. The number of nitrogens with one attached hydrogen (secondary N) is 2. The fourth-order valence-electron chi connectivity index (χ4n) is 4.67. The zero-order valence-corrected chi connectivity index (χ0v) is 20.4. The summed E-state index contributed by atoms with van der Waals surface area (Å²) < 4.78 is 32.3. The summed E-state index contributed by atoms with van der Waals surface area (Å²) in [5, 5.41) is 12.2. The lowest BCUT2D eigenvalue weighted by atomic mass is 9.97. The number of rotatable bonds is 7. The van der Waals surface area contributed by atoms with Gasteiger partial charge in [0.1, 0.15) is 0 Å². The number of aryl methyl sites for hydroxylation is 2. The van der Waals surface area contributed by atoms with Crippen LogP contribution >= 0.6 is 0 Å². The summed E-state index contributed by atoms with van der Waals surface area (Å²) >= 11 is 0. The van der Waals surface area contributed by atoms with Crippen molar-refractivity contribution >= 4 is 32.7 Å². The molecule has 2 fully saturated rings. The molecule has 4 heterocycles. The van der Waals surface area contributed by atoms with E-state index in [-0.39, 0.29) is 11.8 Å². The number of carbonyl (C=O) groups is 1. The Morgan fingerprint density at radius 2 is 1.91 bits per heavy atom. The van der Waals surface area contributed by atoms with E-state index in [0.717, 1.165) is 60.6 Å². The van der Waals surface area contributed by atoms with Gasteiger partial charge in [0.05, 0.1) is 23.5 Å². The van der Waals surface area contributed by atoms with Crippen molar-refractivity contribution < 1.29 is 17.9 Å². The summed E-state index contributed by atoms with van der Waals surface area (Å²) in [4.78, 5) is 17.7. The van der Waals surface area contributed by atoms with Crippen LogP contribution in [0.2, 0.25) is 0 Å². The lowest BCUT2D eigenvalue weighted by Gasteiger charge is -2.29. The number of hydrogen-bond donors (Lipinski definition) is 2. The van der Waals surface area contributed by atoms with Crippen molar-refractivity contribution in [3.8, 4) is 0 Å². The molecule has 2 N–H and O–H groups in total. The molecule has 0 aromatic carbocycles. The fourth-order valence-corrected chi connectivity index (χ4v) is 5.55. The maximum absolute atomic E-state index is 12.9. The summed E-state index contributed by atoms with van der Waals surface area (Å²) in [6, 6.07) is 0.295. The van der Waals surface area contributed by atoms with Crippen molar-refractivity contribution in [2.75, 3.05) is 37.9 Å². The molecule has 0 radical (unpaired) electrons. The number of amides is 1. The first kappa shape index (κ1) is 23.9. The quantitative estimate of drug-likeness (QED) is 0.621. The smallest absolute Gasteiger partial charge is 0.223 e. The van der Waals surface area contributed by atoms with Crippen molar-refractivity contribution in [3.05, 3.63) is 17.5 Å². The van der Waals surface area contributed by atoms with Gasteiger partial charge >= 0.3 is 0 Å². The van der Waals surface area contributed by atoms with E-state index < -0.39 is 10.0 Å². The Kier molecular flexibility index (Phi) is 7.20. The van der Waals surface area contributed by atoms with Crippen LogP contribution in [0.4, 0.5) is 5.69 Å². The van der Waals surface area contributed by atoms with Crippen molar-refractivity contribution in [2.45, 2.75) is 58.7 Å². The third-order valence-electron chi connectivity index (χ3n) is 6.70. The summed E-state index contributed by atoms with van der Waals surface area (Å²) in [5.74, 6) is -0.223. The monoisotopic (exact) mass is 478 g/mol. The average molecular weight is 479 g/mol. The van der Waals surface area contributed by atoms with E-state index in [4.69, 9.17) is 9.72 Å². The van der Waals surface area contributed by atoms with Crippen LogP contribution in [0.1, 0.15) is 43.9 Å². The molecule has 10 nitrogen and oxygen atoms in total. The molecule has 2 saturated heterocycles. The van der Waals surface area contributed by atoms with E-state index in [0.29, 0.717) is 38.5 Å². The van der Waals surface area contributed by atoms with E-state index in [1.165, 1.54) is 10.6 Å². The van der Waals surface area contributed by atoms with Gasteiger partial charge in [0.2, 0.25) is 15.9 Å². The molecule has 0 saturated carbocycles. The highest BCUT2D eigenvalue weighted by atomic mass is 32.2. The molecule has 4 rings (SSSR count). The number of carbonyl (C=O) groups excluding carboxylic acids is 1. The first-order chi connectivity index (χ1) is 15.8. The molecule has 182 valence electrons. The van der Waals surface area contributed by atoms with Crippen LogP contribution in [-0.2, 0) is 32.6 Å². The third kappa shape index (κ3) is 5.30. The Hall–Kier alpha value is -2.24. The number of hydrogen-bond acceptors (Lipinski definition) is 7. The van der Waals surface area contributed by atoms with Crippen LogP contribution in [0.3, 0.4) is 0 Å². The Bertz CT molecular complexity index is 1100. The minimum absolute atomic E-state index is 0.0380. The molecule has 1 amide bonds. The molecule has 2 aromatic heterocycles. The molecular formula is C22H34N6O4S. The molecule has 0 aliphatic carbocycles. The molecule has 33 heavy (non-hydrogen) atoms. The van der Waals surface area contributed by atoms with Crippen LogP contribution in [0, 0.1) is 12.8 Å². The fraction of sp³-hybridized carbons (Fsp3) is 0.682. The molecule has 0 unspecified atom stereocenters. The van der Waals surface area contributed by atoms with Crippen molar-refractivity contribution in [1.29, 1.82) is 0 Å². The Balaban J connectivity index is 1.52. The molecular weight excluding hydrogens is 444 g/mol. The van der Waals surface area contributed by atoms with Gasteiger partial charge in [-0.2, -0.15) is 5.10 Å². The Labute approximate surface area is 195 Å². The number of aromatic nitrogens is 3. The average Bonchev–Trinajstić information content (AvgIpc) is 3.21. The number of anilines is 1. The van der Waals surface area contributed by atoms with Gasteiger partial charge in [-0.25, -0.2) is 22.4 Å². The lowest BCUT2D eigenvalue weighted by molar-refractivity contribution is -0.126. The second kappa shape index (κ2) is 9.94. The second-order valence-corrected chi connectivity index (χ2v) is 10.9. The van der Waals surface area contributed by atoms with Crippen molar-refractivity contribution in [2.24, 2.45) is 5.92 Å². The van der Waals surface area contributed by atoms with E-state index in [2.05, 4.69) is 15.7 Å². The van der Waals surface area contributed by atoms with Gasteiger partial charge in [-0.1, -0.05) is 0 Å². The third-order valence-corrected chi connectivity index (χ3v) is 8.00. The van der Waals surface area contributed by atoms with Crippen LogP contribution < -0.4 is 10.6 Å². The minimum Gasteiger partial charge on any atom is -0.381 e. The Morgan fingerprint density at radius 3 is 2.55 bits per heavy atom. The number of nitrogens with zero attached hydrogens (tertiary/aromatic N) is 4. The number of pyridine rings is 1. The van der Waals surface area contributed by atoms with Crippen molar-refractivity contribution in [1.82, 2.24) is 24.4 Å². The topological polar surface area (TPSA) is 118 Å². The SMILES string of the molecule is CCn1ncc2c(NC3CCOCC3)c(CNC(=O)C3CCN(S(C)(=O)=O)CC3)c(C)nc21. The van der Waals surface area contributed by atoms with Gasteiger partial charge in [0.15, 0.2) is 5.65 Å². The molecule has 2 aliphatic rings. The Morgan fingerprint density at radius 1 is 1.21 bits per heavy atom. The molecule has 11 heteroatoms. The van der Waals surface area contributed by atoms with Crippen LogP contribution in [0.25, 0.3) is 11.0 Å². The van der Waals surface area contributed by atoms with Gasteiger partial charge in [-0.3, -0.25) is 4.79 Å². The van der Waals surface area contributed by atoms with Gasteiger partial charge in [0.25, 0.3) is 0 Å². The normalized spacial score (nSPS) is 19.1. The molecule has 0 spiro atoms. The second-order valence-electron chi connectivity index (χ2n) is 8.93. The molecule has 2 aromatic rings. The minimum atomic E-state index is -3.21. The number of ether oxygens (including phenoxy) is 1. The maximum Gasteiger partial charge on any atom is 0.223 e. The zero-order chi connectivity index (χ0) is 23.6. The molecule has 0 atom stereocenters. The summed E-state index contributed by atoms with van der Waals surface area (Å²) in [6.45, 7) is 7.34. The largest absolute Gasteiger partial charge is 0.381 e. The van der Waals surface area contributed by atoms with E-state index >= 15 is 0 Å². The first-order valence-electron chi connectivity index (χ1n) is 11.7. The van der Waals surface area contributed by atoms with Crippen LogP contribution in [-0.4, -0.2) is 72.0 Å². The summed E-state index contributed by atoms with van der Waals surface area (Å²) in [5.41, 5.74) is 3.65. The van der Waals surface area contributed by atoms with Crippen molar-refractivity contribution in [3.63, 3.8) is 0 Å². The van der Waals surface area contributed by atoms with E-state index in [1.807, 2.05) is 24.7 Å². The molecule has 2 aliphatic heterocycles. The highest BCUT2D eigenvalue weighted by Crippen LogP contribution is 2.31. The number of piperidine rings is 1. The summed E-state index contributed by atoms with van der Waals surface area (Å²) in [7, 11) is -3.21. The highest BCUT2D eigenvalue weighted by molar-refractivity contribution is 7.88. The van der Waals surface area contributed by atoms with Gasteiger partial charge < -0.3 is 15.4 Å². The van der Waals surface area contributed by atoms with Crippen LogP contribution in [0.15, 0.2) is 6.20 Å². The molecule has 0 bridgehead atoms. The van der Waals surface area contributed by atoms with E-state index in [1.54, 1.807) is 0 Å². The maximum atomic E-state index is 12.9. The predicted molar refractivity (Wildman–Crippen MR) is 126 cm³/mol. The number of fused-ring (bicyclic) bond motifs is 1.